The molecule has 30 heavy (non-hydrogen) atoms. The minimum absolute atomic E-state index is 0. The predicted octanol–water partition coefficient (Wildman–Crippen LogP) is 4.53. The van der Waals surface area contributed by atoms with Gasteiger partial charge in [-0.15, -0.1) is 24.0 Å². The Morgan fingerprint density at radius 3 is 2.10 bits per heavy atom. The molecule has 2 aromatic rings. The summed E-state index contributed by atoms with van der Waals surface area (Å²) < 4.78 is 38.0. The van der Waals surface area contributed by atoms with Crippen LogP contribution in [0.15, 0.2) is 53.5 Å². The number of nitrogens with one attached hydrogen (secondary N) is 2. The number of aliphatic imine (C=N–C) groups is 1. The molecule has 2 N–H and O–H groups in total. The van der Waals surface area contributed by atoms with Gasteiger partial charge in [0.1, 0.15) is 0 Å². The number of rotatable bonds is 6. The van der Waals surface area contributed by atoms with E-state index in [9.17, 15) is 18.0 Å². The summed E-state index contributed by atoms with van der Waals surface area (Å²) in [5.41, 5.74) is 1.96. The topological polar surface area (TPSA) is 56.7 Å². The Hall–Kier alpha value is -2.30. The van der Waals surface area contributed by atoms with E-state index in [0.29, 0.717) is 19.0 Å². The van der Waals surface area contributed by atoms with Gasteiger partial charge in [-0.05, 0) is 41.8 Å². The molecule has 0 saturated heterocycles. The fourth-order valence-corrected chi connectivity index (χ4v) is 2.81. The van der Waals surface area contributed by atoms with Crippen LogP contribution in [0.4, 0.5) is 18.9 Å². The molecule has 0 spiro atoms. The molecule has 0 atom stereocenters. The van der Waals surface area contributed by atoms with E-state index in [1.54, 1.807) is 7.05 Å². The van der Waals surface area contributed by atoms with Crippen molar-refractivity contribution in [2.24, 2.45) is 4.99 Å². The molecule has 0 saturated carbocycles. The van der Waals surface area contributed by atoms with E-state index in [1.807, 2.05) is 36.2 Å². The SMILES string of the molecule is CN=C(NCCc1ccc(NC(C)=O)cc1)N(C)Cc1ccc(C(F)(F)F)cc1.I. The first-order valence-corrected chi connectivity index (χ1v) is 9.13. The van der Waals surface area contributed by atoms with Crippen molar-refractivity contribution < 1.29 is 18.0 Å². The van der Waals surface area contributed by atoms with Crippen molar-refractivity contribution in [2.75, 3.05) is 26.0 Å². The number of benzene rings is 2. The first-order chi connectivity index (χ1) is 13.7. The Kier molecular flexibility index (Phi) is 10.1. The number of guanidine groups is 1. The van der Waals surface area contributed by atoms with Gasteiger partial charge in [-0.2, -0.15) is 13.2 Å². The highest BCUT2D eigenvalue weighted by Crippen LogP contribution is 2.29. The van der Waals surface area contributed by atoms with Crippen LogP contribution < -0.4 is 10.6 Å². The van der Waals surface area contributed by atoms with Crippen LogP contribution in [0.25, 0.3) is 0 Å². The van der Waals surface area contributed by atoms with Crippen LogP contribution in [0, 0.1) is 0 Å². The van der Waals surface area contributed by atoms with Crippen LogP contribution in [-0.2, 0) is 23.9 Å². The fraction of sp³-hybridized carbons (Fsp3) is 0.333. The monoisotopic (exact) mass is 534 g/mol. The Labute approximate surface area is 191 Å². The highest BCUT2D eigenvalue weighted by Gasteiger charge is 2.29. The Morgan fingerprint density at radius 2 is 1.60 bits per heavy atom. The molecule has 0 aliphatic rings. The summed E-state index contributed by atoms with van der Waals surface area (Å²) in [6.07, 6.45) is -3.57. The molecule has 0 aliphatic heterocycles. The zero-order chi connectivity index (χ0) is 21.4. The van der Waals surface area contributed by atoms with Crippen molar-refractivity contribution in [2.45, 2.75) is 26.1 Å². The first-order valence-electron chi connectivity index (χ1n) is 9.13. The second kappa shape index (κ2) is 11.8. The standard InChI is InChI=1S/C21H25F3N4O.HI/c1-15(29)27-19-10-6-16(7-11-19)12-13-26-20(25-2)28(3)14-17-4-8-18(9-5-17)21(22,23)24;/h4-11H,12-14H2,1-3H3,(H,25,26)(H,27,29);1H. The van der Waals surface area contributed by atoms with Crippen molar-refractivity contribution in [3.63, 3.8) is 0 Å². The zero-order valence-electron chi connectivity index (χ0n) is 17.1. The van der Waals surface area contributed by atoms with E-state index < -0.39 is 11.7 Å². The van der Waals surface area contributed by atoms with Gasteiger partial charge in [-0.3, -0.25) is 9.79 Å². The van der Waals surface area contributed by atoms with E-state index in [0.717, 1.165) is 35.4 Å². The first kappa shape index (κ1) is 25.7. The number of nitrogens with zero attached hydrogens (tertiary/aromatic N) is 2. The van der Waals surface area contributed by atoms with Gasteiger partial charge < -0.3 is 15.5 Å². The lowest BCUT2D eigenvalue weighted by Crippen LogP contribution is -2.39. The maximum absolute atomic E-state index is 12.7. The Bertz CT molecular complexity index is 837. The van der Waals surface area contributed by atoms with Gasteiger partial charge in [0.25, 0.3) is 0 Å². The van der Waals surface area contributed by atoms with Crippen LogP contribution >= 0.6 is 24.0 Å². The third-order valence-electron chi connectivity index (χ3n) is 4.25. The van der Waals surface area contributed by atoms with Crippen LogP contribution in [0.3, 0.4) is 0 Å². The van der Waals surface area contributed by atoms with Gasteiger partial charge in [0, 0.05) is 39.8 Å². The molecule has 0 heterocycles. The van der Waals surface area contributed by atoms with E-state index >= 15 is 0 Å². The number of carbonyl (C=O) groups is 1. The number of anilines is 1. The van der Waals surface area contributed by atoms with Gasteiger partial charge in [0.2, 0.25) is 5.91 Å². The second-order valence-electron chi connectivity index (χ2n) is 6.65. The smallest absolute Gasteiger partial charge is 0.356 e. The maximum atomic E-state index is 12.7. The number of hydrogen-bond acceptors (Lipinski definition) is 2. The van der Waals surface area contributed by atoms with Crippen molar-refractivity contribution in [1.82, 2.24) is 10.2 Å². The van der Waals surface area contributed by atoms with Gasteiger partial charge in [0.05, 0.1) is 5.56 Å². The minimum Gasteiger partial charge on any atom is -0.356 e. The van der Waals surface area contributed by atoms with Gasteiger partial charge in [0.15, 0.2) is 5.96 Å². The molecule has 9 heteroatoms. The number of carbonyl (C=O) groups excluding carboxylic acids is 1. The molecular formula is C21H26F3IN4O. The second-order valence-corrected chi connectivity index (χ2v) is 6.65. The summed E-state index contributed by atoms with van der Waals surface area (Å²) in [6.45, 7) is 2.54. The van der Waals surface area contributed by atoms with Gasteiger partial charge in [-0.25, -0.2) is 0 Å². The highest BCUT2D eigenvalue weighted by molar-refractivity contribution is 14.0. The zero-order valence-corrected chi connectivity index (χ0v) is 19.4. The van der Waals surface area contributed by atoms with Gasteiger partial charge in [-0.1, -0.05) is 24.3 Å². The largest absolute Gasteiger partial charge is 0.416 e. The number of hydrogen-bond donors (Lipinski definition) is 2. The van der Waals surface area contributed by atoms with E-state index in [-0.39, 0.29) is 29.9 Å². The van der Waals surface area contributed by atoms with Crippen LogP contribution in [0.2, 0.25) is 0 Å². The average Bonchev–Trinajstić information content (AvgIpc) is 2.65. The molecule has 2 rings (SSSR count). The van der Waals surface area contributed by atoms with E-state index in [1.165, 1.54) is 19.1 Å². The van der Waals surface area contributed by atoms with Crippen molar-refractivity contribution in [3.8, 4) is 0 Å². The minimum atomic E-state index is -4.33. The summed E-state index contributed by atoms with van der Waals surface area (Å²) in [5, 5.41) is 5.97. The number of halogens is 4. The predicted molar refractivity (Wildman–Crippen MR) is 124 cm³/mol. The third kappa shape index (κ3) is 8.21. The quantitative estimate of drug-likeness (QED) is 0.326. The summed E-state index contributed by atoms with van der Waals surface area (Å²) in [6, 6.07) is 12.7. The molecule has 0 aromatic heterocycles. The van der Waals surface area contributed by atoms with Crippen molar-refractivity contribution in [3.05, 3.63) is 65.2 Å². The number of amides is 1. The molecular weight excluding hydrogens is 508 g/mol. The van der Waals surface area contributed by atoms with Crippen molar-refractivity contribution >= 4 is 41.5 Å². The maximum Gasteiger partial charge on any atom is 0.416 e. The molecule has 0 bridgehead atoms. The average molecular weight is 534 g/mol. The molecule has 0 unspecified atom stereocenters. The third-order valence-corrected chi connectivity index (χ3v) is 4.25. The van der Waals surface area contributed by atoms with Crippen LogP contribution in [0.5, 0.6) is 0 Å². The lowest BCUT2D eigenvalue weighted by Gasteiger charge is -2.22. The van der Waals surface area contributed by atoms with Crippen LogP contribution in [0.1, 0.15) is 23.6 Å². The van der Waals surface area contributed by atoms with Gasteiger partial charge >= 0.3 is 6.18 Å². The molecule has 164 valence electrons. The summed E-state index contributed by atoms with van der Waals surface area (Å²) in [5.74, 6) is 0.541. The highest BCUT2D eigenvalue weighted by atomic mass is 127. The molecule has 5 nitrogen and oxygen atoms in total. The summed E-state index contributed by atoms with van der Waals surface area (Å²) in [7, 11) is 3.49. The molecule has 0 radical (unpaired) electrons. The molecule has 1 amide bonds. The normalized spacial score (nSPS) is 11.5. The number of alkyl halides is 3. The van der Waals surface area contributed by atoms with Crippen molar-refractivity contribution in [1.29, 1.82) is 0 Å². The van der Waals surface area contributed by atoms with Crippen LogP contribution in [-0.4, -0.2) is 37.4 Å². The molecule has 0 aliphatic carbocycles. The fourth-order valence-electron chi connectivity index (χ4n) is 2.81. The lowest BCUT2D eigenvalue weighted by atomic mass is 10.1. The Morgan fingerprint density at radius 1 is 1.03 bits per heavy atom. The molecule has 0 fully saturated rings. The van der Waals surface area contributed by atoms with E-state index in [2.05, 4.69) is 15.6 Å². The summed E-state index contributed by atoms with van der Waals surface area (Å²) >= 11 is 0. The Balaban J connectivity index is 0.00000450. The van der Waals surface area contributed by atoms with E-state index in [4.69, 9.17) is 0 Å². The lowest BCUT2D eigenvalue weighted by molar-refractivity contribution is -0.137. The molecule has 2 aromatic carbocycles. The summed E-state index contributed by atoms with van der Waals surface area (Å²) in [4.78, 5) is 17.1.